The zero-order valence-corrected chi connectivity index (χ0v) is 11.3. The van der Waals surface area contributed by atoms with E-state index < -0.39 is 0 Å². The molecule has 96 valence electrons. The molecule has 0 bridgehead atoms. The van der Waals surface area contributed by atoms with E-state index in [4.69, 9.17) is 11.6 Å². The van der Waals surface area contributed by atoms with Gasteiger partial charge in [-0.05, 0) is 18.9 Å². The lowest BCUT2D eigenvalue weighted by Gasteiger charge is -2.21. The van der Waals surface area contributed by atoms with Crippen molar-refractivity contribution in [2.45, 2.75) is 45.1 Å². The van der Waals surface area contributed by atoms with E-state index in [0.29, 0.717) is 5.15 Å². The molecule has 1 aliphatic carbocycles. The van der Waals surface area contributed by atoms with Gasteiger partial charge in [-0.25, -0.2) is 4.98 Å². The maximum absolute atomic E-state index is 5.94. The third kappa shape index (κ3) is 3.71. The first kappa shape index (κ1) is 12.9. The summed E-state index contributed by atoms with van der Waals surface area (Å²) in [6.07, 6.45) is 10.2. The summed E-state index contributed by atoms with van der Waals surface area (Å²) < 4.78 is 1.93. The second-order valence-electron chi connectivity index (χ2n) is 5.03. The van der Waals surface area contributed by atoms with Gasteiger partial charge in [-0.3, -0.25) is 0 Å². The zero-order valence-electron chi connectivity index (χ0n) is 10.6. The van der Waals surface area contributed by atoms with Crippen LogP contribution in [0.1, 0.15) is 44.3 Å². The molecule has 3 nitrogen and oxygen atoms in total. The molecule has 0 atom stereocenters. The van der Waals surface area contributed by atoms with Gasteiger partial charge in [0.2, 0.25) is 0 Å². The van der Waals surface area contributed by atoms with Crippen LogP contribution in [0.5, 0.6) is 0 Å². The SMILES string of the molecule is Cn1c(Cl)cnc1CNCCC1CCCCC1. The maximum Gasteiger partial charge on any atom is 0.128 e. The normalized spacial score (nSPS) is 17.5. The van der Waals surface area contributed by atoms with Gasteiger partial charge in [0, 0.05) is 7.05 Å². The van der Waals surface area contributed by atoms with Crippen molar-refractivity contribution in [1.29, 1.82) is 0 Å². The Hall–Kier alpha value is -0.540. The second-order valence-corrected chi connectivity index (χ2v) is 5.41. The van der Waals surface area contributed by atoms with E-state index >= 15 is 0 Å². The number of hydrogen-bond acceptors (Lipinski definition) is 2. The second kappa shape index (κ2) is 6.41. The quantitative estimate of drug-likeness (QED) is 0.820. The molecular formula is C13H22ClN3. The first-order valence-corrected chi connectivity index (χ1v) is 7.02. The van der Waals surface area contributed by atoms with Crippen molar-refractivity contribution in [3.8, 4) is 0 Å². The van der Waals surface area contributed by atoms with Crippen LogP contribution in [0.3, 0.4) is 0 Å². The topological polar surface area (TPSA) is 29.9 Å². The van der Waals surface area contributed by atoms with Crippen LogP contribution in [0.15, 0.2) is 6.20 Å². The Bertz CT molecular complexity index is 342. The summed E-state index contributed by atoms with van der Waals surface area (Å²) in [6.45, 7) is 1.91. The van der Waals surface area contributed by atoms with E-state index in [1.54, 1.807) is 6.20 Å². The summed E-state index contributed by atoms with van der Waals surface area (Å²) in [7, 11) is 1.95. The fraction of sp³-hybridized carbons (Fsp3) is 0.769. The van der Waals surface area contributed by atoms with E-state index in [0.717, 1.165) is 24.8 Å². The first-order chi connectivity index (χ1) is 8.27. The average Bonchev–Trinajstić information content (AvgIpc) is 2.67. The van der Waals surface area contributed by atoms with Crippen LogP contribution in [0.4, 0.5) is 0 Å². The van der Waals surface area contributed by atoms with Gasteiger partial charge >= 0.3 is 0 Å². The monoisotopic (exact) mass is 255 g/mol. The van der Waals surface area contributed by atoms with E-state index in [1.807, 2.05) is 11.6 Å². The van der Waals surface area contributed by atoms with Gasteiger partial charge in [0.05, 0.1) is 12.7 Å². The van der Waals surface area contributed by atoms with Gasteiger partial charge in [0.1, 0.15) is 11.0 Å². The van der Waals surface area contributed by atoms with Gasteiger partial charge in [0.25, 0.3) is 0 Å². The summed E-state index contributed by atoms with van der Waals surface area (Å²) in [5, 5.41) is 4.16. The minimum atomic E-state index is 0.703. The number of nitrogens with zero attached hydrogens (tertiary/aromatic N) is 2. The predicted molar refractivity (Wildman–Crippen MR) is 71.1 cm³/mol. The largest absolute Gasteiger partial charge is 0.321 e. The van der Waals surface area contributed by atoms with E-state index in [1.165, 1.54) is 38.5 Å². The van der Waals surface area contributed by atoms with Crippen LogP contribution in [0, 0.1) is 5.92 Å². The Morgan fingerprint density at radius 1 is 1.41 bits per heavy atom. The van der Waals surface area contributed by atoms with Crippen LogP contribution >= 0.6 is 11.6 Å². The van der Waals surface area contributed by atoms with Crippen molar-refractivity contribution in [2.75, 3.05) is 6.54 Å². The van der Waals surface area contributed by atoms with Crippen LogP contribution in [0.2, 0.25) is 5.15 Å². The first-order valence-electron chi connectivity index (χ1n) is 6.64. The molecule has 0 amide bonds. The smallest absolute Gasteiger partial charge is 0.128 e. The molecule has 0 aliphatic heterocycles. The van der Waals surface area contributed by atoms with Gasteiger partial charge in [-0.2, -0.15) is 0 Å². The Morgan fingerprint density at radius 3 is 2.82 bits per heavy atom. The molecule has 2 rings (SSSR count). The lowest BCUT2D eigenvalue weighted by atomic mass is 9.87. The van der Waals surface area contributed by atoms with Crippen molar-refractivity contribution in [3.05, 3.63) is 17.2 Å². The van der Waals surface area contributed by atoms with Crippen molar-refractivity contribution < 1.29 is 0 Å². The molecule has 1 fully saturated rings. The number of hydrogen-bond donors (Lipinski definition) is 1. The third-order valence-corrected chi connectivity index (χ3v) is 4.12. The predicted octanol–water partition coefficient (Wildman–Crippen LogP) is 3.13. The molecule has 0 aromatic carbocycles. The van der Waals surface area contributed by atoms with Crippen LogP contribution in [0.25, 0.3) is 0 Å². The summed E-state index contributed by atoms with van der Waals surface area (Å²) in [5.74, 6) is 1.96. The van der Waals surface area contributed by atoms with Gasteiger partial charge in [-0.1, -0.05) is 43.7 Å². The number of imidazole rings is 1. The molecule has 4 heteroatoms. The Kier molecular flexibility index (Phi) is 4.86. The molecule has 1 saturated carbocycles. The fourth-order valence-corrected chi connectivity index (χ4v) is 2.72. The highest BCUT2D eigenvalue weighted by Crippen LogP contribution is 2.25. The van der Waals surface area contributed by atoms with Crippen LogP contribution in [-0.4, -0.2) is 16.1 Å². The molecule has 0 unspecified atom stereocenters. The molecule has 1 N–H and O–H groups in total. The van der Waals surface area contributed by atoms with Crippen molar-refractivity contribution in [1.82, 2.24) is 14.9 Å². The molecule has 1 aromatic heterocycles. The number of aromatic nitrogens is 2. The summed E-state index contributed by atoms with van der Waals surface area (Å²) in [5.41, 5.74) is 0. The number of nitrogens with one attached hydrogen (secondary N) is 1. The Morgan fingerprint density at radius 2 is 2.18 bits per heavy atom. The Labute approximate surface area is 109 Å². The molecular weight excluding hydrogens is 234 g/mol. The fourth-order valence-electron chi connectivity index (χ4n) is 2.57. The van der Waals surface area contributed by atoms with Gasteiger partial charge in [0.15, 0.2) is 0 Å². The van der Waals surface area contributed by atoms with E-state index in [9.17, 15) is 0 Å². The lowest BCUT2D eigenvalue weighted by molar-refractivity contribution is 0.333. The Balaban J connectivity index is 1.64. The summed E-state index contributed by atoms with van der Waals surface area (Å²) in [4.78, 5) is 4.27. The van der Waals surface area contributed by atoms with Gasteiger partial charge in [-0.15, -0.1) is 0 Å². The molecule has 1 heterocycles. The minimum Gasteiger partial charge on any atom is -0.321 e. The molecule has 0 saturated heterocycles. The highest BCUT2D eigenvalue weighted by atomic mass is 35.5. The third-order valence-electron chi connectivity index (χ3n) is 3.76. The number of halogens is 1. The van der Waals surface area contributed by atoms with Crippen LogP contribution in [-0.2, 0) is 13.6 Å². The molecule has 1 aliphatic rings. The molecule has 0 radical (unpaired) electrons. The molecule has 0 spiro atoms. The molecule has 1 aromatic rings. The highest BCUT2D eigenvalue weighted by molar-refractivity contribution is 6.29. The minimum absolute atomic E-state index is 0.703. The summed E-state index contributed by atoms with van der Waals surface area (Å²) in [6, 6.07) is 0. The van der Waals surface area contributed by atoms with Crippen molar-refractivity contribution in [2.24, 2.45) is 13.0 Å². The summed E-state index contributed by atoms with van der Waals surface area (Å²) >= 11 is 5.94. The zero-order chi connectivity index (χ0) is 12.1. The highest BCUT2D eigenvalue weighted by Gasteiger charge is 2.12. The van der Waals surface area contributed by atoms with E-state index in [2.05, 4.69) is 10.3 Å². The van der Waals surface area contributed by atoms with E-state index in [-0.39, 0.29) is 0 Å². The van der Waals surface area contributed by atoms with Crippen LogP contribution < -0.4 is 5.32 Å². The van der Waals surface area contributed by atoms with Gasteiger partial charge < -0.3 is 9.88 Å². The number of rotatable bonds is 5. The standard InChI is InChI=1S/C13H22ClN3/c1-17-12(14)9-16-13(17)10-15-8-7-11-5-3-2-4-6-11/h9,11,15H,2-8,10H2,1H3. The van der Waals surface area contributed by atoms with Crippen molar-refractivity contribution >= 4 is 11.6 Å². The molecule has 17 heavy (non-hydrogen) atoms. The lowest BCUT2D eigenvalue weighted by Crippen LogP contribution is -2.20. The maximum atomic E-state index is 5.94. The van der Waals surface area contributed by atoms with Crippen molar-refractivity contribution in [3.63, 3.8) is 0 Å². The average molecular weight is 256 g/mol.